The molecule has 17 nitrogen and oxygen atoms in total. The zero-order valence-electron chi connectivity index (χ0n) is 36.6. The molecule has 0 radical (unpaired) electrons. The molecule has 2 aliphatic heterocycles. The van der Waals surface area contributed by atoms with E-state index in [-0.39, 0.29) is 50.0 Å². The SMILES string of the molecule is CC(=O)CC[C@H]1C(=O)N=N[C@@H](C(C)C)C(=O)N[C@@H](Cc2cc(O)cc(F)c2)C(=O)N2CCCC(N2)C(=O)O[C@H](/C(C)=C/C=C/C(=O)Nc2ccccn2)C/C=C/C=C/[C@H](O)[C@H](C)[C@H]1O. The first-order chi connectivity index (χ1) is 30.4. The van der Waals surface area contributed by atoms with Gasteiger partial charge < -0.3 is 35.5 Å². The molecule has 8 atom stereocenters. The third-order valence-electron chi connectivity index (χ3n) is 10.7. The van der Waals surface area contributed by atoms with E-state index in [1.54, 1.807) is 57.2 Å². The first-order valence-electron chi connectivity index (χ1n) is 21.2. The van der Waals surface area contributed by atoms with Crippen molar-refractivity contribution in [3.63, 3.8) is 0 Å². The zero-order valence-corrected chi connectivity index (χ0v) is 36.6. The average molecular weight is 888 g/mol. The number of ether oxygens (including phenoxy) is 1. The number of nitrogens with zero attached hydrogens (tertiary/aromatic N) is 4. The summed E-state index contributed by atoms with van der Waals surface area (Å²) in [6, 6.07) is 4.51. The molecule has 0 spiro atoms. The molecule has 1 fully saturated rings. The molecule has 2 aromatic rings. The number of rotatable bonds is 10. The van der Waals surface area contributed by atoms with E-state index >= 15 is 0 Å². The van der Waals surface area contributed by atoms with Gasteiger partial charge in [-0.25, -0.2) is 14.8 Å². The number of carbonyl (C=O) groups excluding carboxylic acids is 6. The summed E-state index contributed by atoms with van der Waals surface area (Å²) < 4.78 is 20.4. The number of fused-ring (bicyclic) bond motifs is 2. The maximum absolute atomic E-state index is 14.4. The van der Waals surface area contributed by atoms with E-state index in [1.165, 1.54) is 55.4 Å². The lowest BCUT2D eigenvalue weighted by Crippen LogP contribution is -2.61. The first-order valence-corrected chi connectivity index (χ1v) is 21.2. The van der Waals surface area contributed by atoms with Gasteiger partial charge in [0.25, 0.3) is 11.8 Å². The molecule has 1 saturated heterocycles. The number of nitrogens with one attached hydrogen (secondary N) is 3. The molecule has 0 saturated carbocycles. The van der Waals surface area contributed by atoms with Gasteiger partial charge >= 0.3 is 5.97 Å². The zero-order chi connectivity index (χ0) is 46.9. The highest BCUT2D eigenvalue weighted by molar-refractivity contribution is 5.98. The summed E-state index contributed by atoms with van der Waals surface area (Å²) in [7, 11) is 0. The lowest BCUT2D eigenvalue weighted by Gasteiger charge is -2.36. The number of aromatic nitrogens is 1. The highest BCUT2D eigenvalue weighted by atomic mass is 19.1. The van der Waals surface area contributed by atoms with Crippen molar-refractivity contribution in [2.45, 2.75) is 110 Å². The van der Waals surface area contributed by atoms with Crippen molar-refractivity contribution in [3.8, 4) is 5.75 Å². The number of azo groups is 1. The molecule has 3 heterocycles. The van der Waals surface area contributed by atoms with Gasteiger partial charge in [0, 0.05) is 50.1 Å². The van der Waals surface area contributed by atoms with Crippen LogP contribution >= 0.6 is 0 Å². The number of carbonyl (C=O) groups is 6. The number of hydrogen-bond acceptors (Lipinski definition) is 13. The minimum absolute atomic E-state index is 0.0863. The second-order valence-electron chi connectivity index (χ2n) is 16.3. The van der Waals surface area contributed by atoms with Crippen LogP contribution in [0.2, 0.25) is 0 Å². The highest BCUT2D eigenvalue weighted by Gasteiger charge is 2.37. The maximum Gasteiger partial charge on any atom is 0.325 e. The van der Waals surface area contributed by atoms with Crippen LogP contribution in [-0.4, -0.2) is 104 Å². The van der Waals surface area contributed by atoms with Gasteiger partial charge in [0.05, 0.1) is 18.1 Å². The van der Waals surface area contributed by atoms with Gasteiger partial charge in [-0.2, -0.15) is 5.11 Å². The lowest BCUT2D eigenvalue weighted by atomic mass is 9.84. The maximum atomic E-state index is 14.4. The van der Waals surface area contributed by atoms with Gasteiger partial charge in [0.15, 0.2) is 6.04 Å². The Hall–Kier alpha value is -6.24. The van der Waals surface area contributed by atoms with Crippen LogP contribution in [-0.2, 0) is 39.9 Å². The summed E-state index contributed by atoms with van der Waals surface area (Å²) in [5.41, 5.74) is 3.63. The molecule has 4 rings (SSSR count). The number of aliphatic hydroxyl groups excluding tert-OH is 2. The van der Waals surface area contributed by atoms with Crippen molar-refractivity contribution < 1.29 is 53.2 Å². The van der Waals surface area contributed by atoms with Crippen molar-refractivity contribution in [3.05, 3.63) is 102 Å². The number of pyridine rings is 1. The second kappa shape index (κ2) is 24.6. The molecule has 1 aromatic carbocycles. The minimum atomic E-state index is -1.50. The molecule has 64 heavy (non-hydrogen) atoms. The van der Waals surface area contributed by atoms with Crippen molar-refractivity contribution in [2.75, 3.05) is 11.9 Å². The largest absolute Gasteiger partial charge is 0.508 e. The number of amides is 4. The van der Waals surface area contributed by atoms with Crippen molar-refractivity contribution in [2.24, 2.45) is 28.0 Å². The predicted molar refractivity (Wildman–Crippen MR) is 233 cm³/mol. The quantitative estimate of drug-likeness (QED) is 0.111. The van der Waals surface area contributed by atoms with Crippen LogP contribution in [0.3, 0.4) is 0 Å². The molecule has 6 N–H and O–H groups in total. The number of hydrogen-bond donors (Lipinski definition) is 6. The van der Waals surface area contributed by atoms with Gasteiger partial charge in [-0.3, -0.25) is 29.0 Å². The summed E-state index contributed by atoms with van der Waals surface area (Å²) in [4.78, 5) is 84.2. The van der Waals surface area contributed by atoms with Gasteiger partial charge in [-0.05, 0) is 74.4 Å². The van der Waals surface area contributed by atoms with E-state index in [1.807, 2.05) is 0 Å². The molecule has 4 amide bonds. The predicted octanol–water partition coefficient (Wildman–Crippen LogP) is 4.37. The van der Waals surface area contributed by atoms with Crippen molar-refractivity contribution >= 4 is 41.2 Å². The number of cyclic esters (lactones) is 1. The number of ketones is 1. The number of aliphatic hydroxyl groups is 2. The van der Waals surface area contributed by atoms with E-state index in [4.69, 9.17) is 4.74 Å². The number of phenols is 1. The van der Waals surface area contributed by atoms with Gasteiger partial charge in [-0.1, -0.05) is 63.3 Å². The molecular weight excluding hydrogens is 830 g/mol. The molecule has 2 aliphatic rings. The van der Waals surface area contributed by atoms with Gasteiger partial charge in [0.1, 0.15) is 41.4 Å². The number of benzene rings is 1. The topological polar surface area (TPSA) is 249 Å². The van der Waals surface area contributed by atoms with Crippen LogP contribution in [0.1, 0.15) is 72.3 Å². The number of anilines is 1. The van der Waals surface area contributed by atoms with Crippen molar-refractivity contribution in [1.29, 1.82) is 0 Å². The normalized spacial score (nSPS) is 26.9. The number of allylic oxidation sites excluding steroid dienone is 4. The fourth-order valence-corrected chi connectivity index (χ4v) is 6.98. The summed E-state index contributed by atoms with van der Waals surface area (Å²) in [5.74, 6) is -7.52. The van der Waals surface area contributed by atoms with Crippen LogP contribution in [0.4, 0.5) is 10.2 Å². The van der Waals surface area contributed by atoms with Crippen LogP contribution in [0.25, 0.3) is 0 Å². The molecule has 18 heteroatoms. The summed E-state index contributed by atoms with van der Waals surface area (Å²) in [6.45, 7) is 7.93. The van der Waals surface area contributed by atoms with E-state index in [0.717, 1.165) is 12.1 Å². The molecular formula is C46H58FN7O10. The lowest BCUT2D eigenvalue weighted by molar-refractivity contribution is -0.156. The third-order valence-corrected chi connectivity index (χ3v) is 10.7. The Bertz CT molecular complexity index is 2100. The number of halogens is 1. The number of aromatic hydroxyl groups is 1. The van der Waals surface area contributed by atoms with E-state index < -0.39 is 95.4 Å². The van der Waals surface area contributed by atoms with Crippen LogP contribution < -0.4 is 16.1 Å². The molecule has 2 bridgehead atoms. The van der Waals surface area contributed by atoms with E-state index in [2.05, 4.69) is 31.3 Å². The minimum Gasteiger partial charge on any atom is -0.508 e. The molecule has 1 aromatic heterocycles. The van der Waals surface area contributed by atoms with Crippen molar-refractivity contribution in [1.82, 2.24) is 20.7 Å². The van der Waals surface area contributed by atoms with Crippen LogP contribution in [0.5, 0.6) is 5.75 Å². The smallest absolute Gasteiger partial charge is 0.325 e. The Morgan fingerprint density at radius 3 is 2.55 bits per heavy atom. The Kier molecular flexibility index (Phi) is 19.3. The third kappa shape index (κ3) is 15.5. The first kappa shape index (κ1) is 50.4. The summed E-state index contributed by atoms with van der Waals surface area (Å²) in [5, 5.41) is 46.9. The monoisotopic (exact) mass is 887 g/mol. The Morgan fingerprint density at radius 2 is 1.86 bits per heavy atom. The number of phenolic OH excluding ortho intramolecular Hbond substituents is 1. The van der Waals surface area contributed by atoms with E-state index in [9.17, 15) is 48.5 Å². The Balaban J connectivity index is 1.72. The van der Waals surface area contributed by atoms with Crippen LogP contribution in [0.15, 0.2) is 101 Å². The standard InChI is InChI=1S/C46H58FN7O10/c1-27(2)41-44(61)49-36(25-31-23-32(47)26-33(56)24-31)45(62)54-22-12-14-35(53-54)46(63)64-38(28(3)13-11-18-40(58)50-39-17-9-10-21-48-39)16-8-6-7-15-37(57)30(5)42(59)34(20-19-29(4)55)43(60)52-51-41/h6-11,13,15,17-18,21,23-24,26-27,30,34-38,41-42,53,56-57,59H,12,14,16,19-20,22,25H2,1-5H3,(H,49,61)(H,48,50,58)/b8-6+,15-7+,18-11+,28-13+,52-51?/t30-,34+,35?,36-,37-,38-,41-,42+/m0/s1. The molecule has 0 aliphatic carbocycles. The molecule has 344 valence electrons. The summed E-state index contributed by atoms with van der Waals surface area (Å²) in [6.07, 6.45) is 8.72. The molecule has 1 unspecified atom stereocenters. The van der Waals surface area contributed by atoms with Crippen LogP contribution in [0, 0.1) is 23.6 Å². The average Bonchev–Trinajstić information content (AvgIpc) is 3.24. The van der Waals surface area contributed by atoms with Gasteiger partial charge in [0.2, 0.25) is 11.8 Å². The fourth-order valence-electron chi connectivity index (χ4n) is 6.98. The number of hydrazine groups is 1. The highest BCUT2D eigenvalue weighted by Crippen LogP contribution is 2.25. The second-order valence-corrected chi connectivity index (χ2v) is 16.3. The Morgan fingerprint density at radius 1 is 1.09 bits per heavy atom. The Labute approximate surface area is 371 Å². The number of Topliss-reactive ketones (excluding diaryl/α,β-unsaturated/α-hetero) is 1. The summed E-state index contributed by atoms with van der Waals surface area (Å²) >= 11 is 0. The number of esters is 1. The fraction of sp³-hybridized carbons (Fsp3) is 0.457. The van der Waals surface area contributed by atoms with E-state index in [0.29, 0.717) is 17.8 Å². The van der Waals surface area contributed by atoms with Gasteiger partial charge in [-0.15, -0.1) is 5.11 Å².